The van der Waals surface area contributed by atoms with E-state index in [1.54, 1.807) is 23.6 Å². The number of esters is 1. The summed E-state index contributed by atoms with van der Waals surface area (Å²) in [6.45, 7) is 2.89. The van der Waals surface area contributed by atoms with Crippen LogP contribution in [0.4, 0.5) is 5.13 Å². The number of aromatic nitrogens is 1. The van der Waals surface area contributed by atoms with Gasteiger partial charge in [0.2, 0.25) is 0 Å². The zero-order valence-electron chi connectivity index (χ0n) is 10.3. The first-order valence-corrected chi connectivity index (χ1v) is 7.87. The van der Waals surface area contributed by atoms with E-state index in [0.29, 0.717) is 12.3 Å². The minimum atomic E-state index is -0.378. The maximum atomic E-state index is 11.4. The normalized spacial score (nSPS) is 10.4. The van der Waals surface area contributed by atoms with Crippen molar-refractivity contribution in [1.29, 1.82) is 0 Å². The quantitative estimate of drug-likeness (QED) is 0.826. The first kappa shape index (κ1) is 14.3. The summed E-state index contributed by atoms with van der Waals surface area (Å²) in [5, 5.41) is 5.61. The van der Waals surface area contributed by atoms with E-state index in [4.69, 9.17) is 16.3 Å². The van der Waals surface area contributed by atoms with Crippen LogP contribution in [-0.4, -0.2) is 24.1 Å². The van der Waals surface area contributed by atoms with E-state index in [2.05, 4.69) is 10.3 Å². The number of hydrogen-bond acceptors (Lipinski definition) is 6. The minimum absolute atomic E-state index is 0.355. The van der Waals surface area contributed by atoms with Crippen LogP contribution in [0.25, 0.3) is 0 Å². The molecule has 0 amide bonds. The van der Waals surface area contributed by atoms with Crippen LogP contribution < -0.4 is 5.32 Å². The lowest BCUT2D eigenvalue weighted by Gasteiger charge is -2.00. The van der Waals surface area contributed by atoms with Crippen molar-refractivity contribution in [3.8, 4) is 0 Å². The fourth-order valence-corrected chi connectivity index (χ4v) is 3.23. The van der Waals surface area contributed by atoms with Crippen LogP contribution in [0.3, 0.4) is 0 Å². The molecule has 2 aromatic rings. The highest BCUT2D eigenvalue weighted by Crippen LogP contribution is 2.22. The second kappa shape index (κ2) is 6.88. The van der Waals surface area contributed by atoms with E-state index >= 15 is 0 Å². The van der Waals surface area contributed by atoms with Gasteiger partial charge in [-0.1, -0.05) is 11.6 Å². The number of nitrogens with one attached hydrogen (secondary N) is 1. The number of carbonyl (C=O) groups is 1. The van der Waals surface area contributed by atoms with Crippen molar-refractivity contribution in [3.63, 3.8) is 0 Å². The van der Waals surface area contributed by atoms with Gasteiger partial charge in [-0.3, -0.25) is 0 Å². The van der Waals surface area contributed by atoms with E-state index in [1.807, 2.05) is 12.1 Å². The zero-order chi connectivity index (χ0) is 13.7. The summed E-state index contributed by atoms with van der Waals surface area (Å²) in [5.74, 6) is -0.378. The van der Waals surface area contributed by atoms with Gasteiger partial charge in [-0.05, 0) is 25.5 Å². The molecular formula is C12H13ClN2O2S2. The van der Waals surface area contributed by atoms with Crippen LogP contribution in [0.15, 0.2) is 17.5 Å². The Morgan fingerprint density at radius 3 is 3.05 bits per heavy atom. The molecule has 0 spiro atoms. The van der Waals surface area contributed by atoms with Gasteiger partial charge in [0, 0.05) is 16.8 Å². The molecule has 2 heterocycles. The van der Waals surface area contributed by atoms with Gasteiger partial charge in [-0.15, -0.1) is 22.7 Å². The number of thiazole rings is 1. The molecule has 0 saturated carbocycles. The highest BCUT2D eigenvalue weighted by Gasteiger charge is 2.11. The Hall–Kier alpha value is -1.11. The van der Waals surface area contributed by atoms with Crippen molar-refractivity contribution in [2.24, 2.45) is 0 Å². The molecule has 0 atom stereocenters. The van der Waals surface area contributed by atoms with E-state index in [-0.39, 0.29) is 5.97 Å². The fourth-order valence-electron chi connectivity index (χ4n) is 1.43. The molecule has 0 unspecified atom stereocenters. The largest absolute Gasteiger partial charge is 0.461 e. The molecule has 19 heavy (non-hydrogen) atoms. The van der Waals surface area contributed by atoms with Gasteiger partial charge in [0.15, 0.2) is 10.8 Å². The van der Waals surface area contributed by atoms with Gasteiger partial charge in [-0.2, -0.15) is 0 Å². The average molecular weight is 317 g/mol. The first-order chi connectivity index (χ1) is 9.19. The molecule has 102 valence electrons. The minimum Gasteiger partial charge on any atom is -0.461 e. The third-order valence-corrected chi connectivity index (χ3v) is 4.36. The summed E-state index contributed by atoms with van der Waals surface area (Å²) in [7, 11) is 0. The second-order valence-electron chi connectivity index (χ2n) is 3.64. The second-order valence-corrected chi connectivity index (χ2v) is 6.30. The molecule has 0 aliphatic carbocycles. The summed E-state index contributed by atoms with van der Waals surface area (Å²) in [5.41, 5.74) is 0.355. The van der Waals surface area contributed by atoms with Crippen LogP contribution in [0.1, 0.15) is 22.3 Å². The molecule has 0 saturated heterocycles. The van der Waals surface area contributed by atoms with Crippen molar-refractivity contribution in [2.75, 3.05) is 18.5 Å². The fraction of sp³-hybridized carbons (Fsp3) is 0.333. The number of anilines is 1. The lowest BCUT2D eigenvalue weighted by Crippen LogP contribution is -2.07. The van der Waals surface area contributed by atoms with Gasteiger partial charge < -0.3 is 10.1 Å². The van der Waals surface area contributed by atoms with Crippen LogP contribution in [-0.2, 0) is 11.2 Å². The smallest absolute Gasteiger partial charge is 0.357 e. The Labute approximate surface area is 124 Å². The van der Waals surface area contributed by atoms with Crippen molar-refractivity contribution in [3.05, 3.63) is 32.4 Å². The predicted octanol–water partition coefficient (Wildman–Crippen LogP) is 3.69. The van der Waals surface area contributed by atoms with Gasteiger partial charge in [-0.25, -0.2) is 9.78 Å². The Balaban J connectivity index is 1.81. The van der Waals surface area contributed by atoms with E-state index in [9.17, 15) is 4.79 Å². The first-order valence-electron chi connectivity index (χ1n) is 5.79. The molecule has 7 heteroatoms. The van der Waals surface area contributed by atoms with Crippen molar-refractivity contribution >= 4 is 45.4 Å². The zero-order valence-corrected chi connectivity index (χ0v) is 12.7. The Morgan fingerprint density at radius 1 is 1.53 bits per heavy atom. The average Bonchev–Trinajstić information content (AvgIpc) is 2.99. The van der Waals surface area contributed by atoms with Crippen molar-refractivity contribution < 1.29 is 9.53 Å². The van der Waals surface area contributed by atoms with Crippen LogP contribution in [0.5, 0.6) is 0 Å². The van der Waals surface area contributed by atoms with Crippen molar-refractivity contribution in [1.82, 2.24) is 4.98 Å². The van der Waals surface area contributed by atoms with Crippen LogP contribution in [0.2, 0.25) is 4.34 Å². The maximum Gasteiger partial charge on any atom is 0.357 e. The lowest BCUT2D eigenvalue weighted by molar-refractivity contribution is 0.0520. The monoisotopic (exact) mass is 316 g/mol. The molecule has 0 aliphatic heterocycles. The highest BCUT2D eigenvalue weighted by molar-refractivity contribution is 7.16. The lowest BCUT2D eigenvalue weighted by atomic mass is 10.3. The number of thiophene rings is 1. The molecule has 1 N–H and O–H groups in total. The van der Waals surface area contributed by atoms with E-state index in [0.717, 1.165) is 22.4 Å². The SMILES string of the molecule is CCOC(=O)c1csc(NCCc2ccc(Cl)s2)n1. The third kappa shape index (κ3) is 4.19. The molecule has 0 radical (unpaired) electrons. The van der Waals surface area contributed by atoms with E-state index < -0.39 is 0 Å². The summed E-state index contributed by atoms with van der Waals surface area (Å²) < 4.78 is 5.68. The van der Waals surface area contributed by atoms with Gasteiger partial charge in [0.1, 0.15) is 0 Å². The van der Waals surface area contributed by atoms with Gasteiger partial charge in [0.05, 0.1) is 10.9 Å². The Kier molecular flexibility index (Phi) is 5.18. The molecule has 0 aromatic carbocycles. The topological polar surface area (TPSA) is 51.2 Å². The number of ether oxygens (including phenoxy) is 1. The number of nitrogens with zero attached hydrogens (tertiary/aromatic N) is 1. The van der Waals surface area contributed by atoms with Crippen LogP contribution in [0, 0.1) is 0 Å². The molecule has 2 aromatic heterocycles. The predicted molar refractivity (Wildman–Crippen MR) is 79.6 cm³/mol. The Morgan fingerprint density at radius 2 is 2.37 bits per heavy atom. The van der Waals surface area contributed by atoms with Gasteiger partial charge in [0.25, 0.3) is 0 Å². The Bertz CT molecular complexity index is 553. The summed E-state index contributed by atoms with van der Waals surface area (Å²) in [4.78, 5) is 16.8. The van der Waals surface area contributed by atoms with Gasteiger partial charge >= 0.3 is 5.97 Å². The summed E-state index contributed by atoms with van der Waals surface area (Å²) in [6.07, 6.45) is 0.881. The van der Waals surface area contributed by atoms with Crippen LogP contribution >= 0.6 is 34.3 Å². The van der Waals surface area contributed by atoms with Crippen molar-refractivity contribution in [2.45, 2.75) is 13.3 Å². The highest BCUT2D eigenvalue weighted by atomic mass is 35.5. The number of carbonyl (C=O) groups excluding carboxylic acids is 1. The summed E-state index contributed by atoms with van der Waals surface area (Å²) in [6, 6.07) is 3.91. The summed E-state index contributed by atoms with van der Waals surface area (Å²) >= 11 is 8.83. The molecule has 4 nitrogen and oxygen atoms in total. The molecular weight excluding hydrogens is 304 g/mol. The molecule has 0 aliphatic rings. The molecule has 0 fully saturated rings. The number of halogens is 1. The standard InChI is InChI=1S/C12H13ClN2O2S2/c1-2-17-11(16)9-7-18-12(15-9)14-6-5-8-3-4-10(13)19-8/h3-4,7H,2,5-6H2,1H3,(H,14,15). The van der Waals surface area contributed by atoms with E-state index in [1.165, 1.54) is 16.2 Å². The molecule has 0 bridgehead atoms. The number of rotatable bonds is 6. The maximum absolute atomic E-state index is 11.4. The number of hydrogen-bond donors (Lipinski definition) is 1. The third-order valence-electron chi connectivity index (χ3n) is 2.27. The molecule has 2 rings (SSSR count).